The van der Waals surface area contributed by atoms with Crippen molar-refractivity contribution in [1.82, 2.24) is 10.0 Å². The summed E-state index contributed by atoms with van der Waals surface area (Å²) in [6.07, 6.45) is 11.6. The Bertz CT molecular complexity index is 773. The first-order valence-corrected chi connectivity index (χ1v) is 12.5. The van der Waals surface area contributed by atoms with E-state index in [1.807, 2.05) is 6.07 Å². The van der Waals surface area contributed by atoms with Crippen molar-refractivity contribution in [1.29, 1.82) is 0 Å². The van der Waals surface area contributed by atoms with Crippen LogP contribution in [0.25, 0.3) is 0 Å². The molecular weight excluding hydrogens is 388 g/mol. The summed E-state index contributed by atoms with van der Waals surface area (Å²) >= 11 is 0. The quantitative estimate of drug-likeness (QED) is 0.568. The van der Waals surface area contributed by atoms with Crippen molar-refractivity contribution in [2.45, 2.75) is 81.6 Å². The highest BCUT2D eigenvalue weighted by atomic mass is 32.2. The van der Waals surface area contributed by atoms with E-state index < -0.39 is 10.0 Å². The second-order valence-electron chi connectivity index (χ2n) is 8.12. The Labute approximate surface area is 174 Å². The minimum atomic E-state index is -3.58. The summed E-state index contributed by atoms with van der Waals surface area (Å²) in [6.45, 7) is 1.32. The molecule has 2 aliphatic rings. The molecule has 0 atom stereocenters. The van der Waals surface area contributed by atoms with Gasteiger partial charge >= 0.3 is 0 Å². The second kappa shape index (κ2) is 11.1. The molecule has 2 aliphatic carbocycles. The topological polar surface area (TPSA) is 84.5 Å². The SMILES string of the molecule is O=C(CCNS(=O)(=O)c1ccc2c(c1)CCCC2)NCCCOC1CCCCC1. The van der Waals surface area contributed by atoms with E-state index in [9.17, 15) is 13.2 Å². The van der Waals surface area contributed by atoms with Crippen LogP contribution in [0.4, 0.5) is 0 Å². The van der Waals surface area contributed by atoms with Crippen LogP contribution in [0.2, 0.25) is 0 Å². The molecular formula is C22H34N2O4S. The Kier molecular flexibility index (Phi) is 8.51. The van der Waals surface area contributed by atoms with Crippen LogP contribution < -0.4 is 10.0 Å². The lowest BCUT2D eigenvalue weighted by atomic mass is 9.92. The first-order chi connectivity index (χ1) is 14.0. The number of rotatable bonds is 10. The molecule has 1 aromatic rings. The van der Waals surface area contributed by atoms with Gasteiger partial charge in [-0.2, -0.15) is 0 Å². The van der Waals surface area contributed by atoms with Gasteiger partial charge in [0.25, 0.3) is 0 Å². The molecule has 2 N–H and O–H groups in total. The van der Waals surface area contributed by atoms with Crippen molar-refractivity contribution in [2.75, 3.05) is 19.7 Å². The van der Waals surface area contributed by atoms with E-state index in [2.05, 4.69) is 10.0 Å². The van der Waals surface area contributed by atoms with E-state index in [1.165, 1.54) is 31.2 Å². The minimum Gasteiger partial charge on any atom is -0.378 e. The lowest BCUT2D eigenvalue weighted by molar-refractivity contribution is -0.121. The summed E-state index contributed by atoms with van der Waals surface area (Å²) in [5.74, 6) is -0.143. The summed E-state index contributed by atoms with van der Waals surface area (Å²) in [6, 6.07) is 5.37. The molecule has 0 unspecified atom stereocenters. The molecule has 1 aromatic carbocycles. The summed E-state index contributed by atoms with van der Waals surface area (Å²) in [7, 11) is -3.58. The molecule has 6 nitrogen and oxygen atoms in total. The van der Waals surface area contributed by atoms with E-state index in [4.69, 9.17) is 4.74 Å². The third-order valence-electron chi connectivity index (χ3n) is 5.82. The Morgan fingerprint density at radius 2 is 1.76 bits per heavy atom. The lowest BCUT2D eigenvalue weighted by Crippen LogP contribution is -2.31. The number of hydrogen-bond acceptors (Lipinski definition) is 4. The van der Waals surface area contributed by atoms with Gasteiger partial charge in [-0.1, -0.05) is 25.3 Å². The Morgan fingerprint density at radius 3 is 2.55 bits per heavy atom. The van der Waals surface area contributed by atoms with E-state index in [-0.39, 0.29) is 18.9 Å². The van der Waals surface area contributed by atoms with Crippen molar-refractivity contribution in [3.63, 3.8) is 0 Å². The van der Waals surface area contributed by atoms with Gasteiger partial charge in [-0.05, 0) is 68.2 Å². The predicted molar refractivity (Wildman–Crippen MR) is 113 cm³/mol. The second-order valence-corrected chi connectivity index (χ2v) is 9.89. The smallest absolute Gasteiger partial charge is 0.240 e. The highest BCUT2D eigenvalue weighted by Gasteiger charge is 2.18. The number of benzene rings is 1. The zero-order chi connectivity index (χ0) is 20.5. The third kappa shape index (κ3) is 7.08. The number of carbonyl (C=O) groups excluding carboxylic acids is 1. The van der Waals surface area contributed by atoms with Crippen LogP contribution in [-0.4, -0.2) is 40.1 Å². The molecule has 0 heterocycles. The molecule has 0 aliphatic heterocycles. The van der Waals surface area contributed by atoms with Gasteiger partial charge in [0.2, 0.25) is 15.9 Å². The van der Waals surface area contributed by atoms with Gasteiger partial charge in [-0.15, -0.1) is 0 Å². The average Bonchev–Trinajstić information content (AvgIpc) is 2.74. The van der Waals surface area contributed by atoms with Crippen molar-refractivity contribution in [3.05, 3.63) is 29.3 Å². The number of carbonyl (C=O) groups is 1. The van der Waals surface area contributed by atoms with Crippen molar-refractivity contribution < 1.29 is 17.9 Å². The number of aryl methyl sites for hydroxylation is 2. The number of nitrogens with one attached hydrogen (secondary N) is 2. The molecule has 162 valence electrons. The standard InChI is InChI=1S/C22H34N2O4S/c25-22(23-14-6-16-28-20-9-2-1-3-10-20)13-15-24-29(26,27)21-12-11-18-7-4-5-8-19(18)17-21/h11-12,17,20,24H,1-10,13-16H2,(H,23,25). The fraction of sp³-hybridized carbons (Fsp3) is 0.682. The van der Waals surface area contributed by atoms with E-state index in [0.29, 0.717) is 24.2 Å². The molecule has 29 heavy (non-hydrogen) atoms. The number of amides is 1. The maximum atomic E-state index is 12.5. The molecule has 3 rings (SSSR count). The molecule has 0 bridgehead atoms. The fourth-order valence-electron chi connectivity index (χ4n) is 4.13. The van der Waals surface area contributed by atoms with Gasteiger partial charge in [0.1, 0.15) is 0 Å². The summed E-state index contributed by atoms with van der Waals surface area (Å²) in [4.78, 5) is 12.2. The zero-order valence-electron chi connectivity index (χ0n) is 17.3. The van der Waals surface area contributed by atoms with E-state index in [1.54, 1.807) is 12.1 Å². The molecule has 0 spiro atoms. The number of fused-ring (bicyclic) bond motifs is 1. The lowest BCUT2D eigenvalue weighted by Gasteiger charge is -2.21. The highest BCUT2D eigenvalue weighted by Crippen LogP contribution is 2.24. The zero-order valence-corrected chi connectivity index (χ0v) is 18.1. The molecule has 1 fully saturated rings. The normalized spacial score (nSPS) is 17.7. The predicted octanol–water partition coefficient (Wildman–Crippen LogP) is 3.09. The highest BCUT2D eigenvalue weighted by molar-refractivity contribution is 7.89. The van der Waals surface area contributed by atoms with Gasteiger partial charge in [-0.3, -0.25) is 4.79 Å². The Morgan fingerprint density at radius 1 is 1.00 bits per heavy atom. The van der Waals surface area contributed by atoms with E-state index >= 15 is 0 Å². The molecule has 7 heteroatoms. The average molecular weight is 423 g/mol. The van der Waals surface area contributed by atoms with Crippen molar-refractivity contribution in [3.8, 4) is 0 Å². The Hall–Kier alpha value is -1.44. The Balaban J connectivity index is 1.32. The van der Waals surface area contributed by atoms with Crippen molar-refractivity contribution >= 4 is 15.9 Å². The van der Waals surface area contributed by atoms with Crippen LogP contribution >= 0.6 is 0 Å². The van der Waals surface area contributed by atoms with Gasteiger partial charge in [-0.25, -0.2) is 13.1 Å². The first-order valence-electron chi connectivity index (χ1n) is 11.0. The van der Waals surface area contributed by atoms with Gasteiger partial charge in [0.15, 0.2) is 0 Å². The van der Waals surface area contributed by atoms with Crippen LogP contribution in [0.1, 0.15) is 68.9 Å². The molecule has 1 amide bonds. The molecule has 0 saturated heterocycles. The monoisotopic (exact) mass is 422 g/mol. The summed E-state index contributed by atoms with van der Waals surface area (Å²) in [5, 5.41) is 2.83. The number of hydrogen-bond donors (Lipinski definition) is 2. The maximum absolute atomic E-state index is 12.5. The third-order valence-corrected chi connectivity index (χ3v) is 7.28. The van der Waals surface area contributed by atoms with Gasteiger partial charge < -0.3 is 10.1 Å². The fourth-order valence-corrected chi connectivity index (χ4v) is 5.21. The number of sulfonamides is 1. The number of ether oxygens (including phenoxy) is 1. The van der Waals surface area contributed by atoms with Crippen molar-refractivity contribution in [2.24, 2.45) is 0 Å². The maximum Gasteiger partial charge on any atom is 0.240 e. The molecule has 0 radical (unpaired) electrons. The van der Waals surface area contributed by atoms with Crippen LogP contribution in [0.15, 0.2) is 23.1 Å². The van der Waals surface area contributed by atoms with Crippen LogP contribution in [0.3, 0.4) is 0 Å². The van der Waals surface area contributed by atoms with Crippen LogP contribution in [-0.2, 0) is 32.4 Å². The summed E-state index contributed by atoms with van der Waals surface area (Å²) in [5.41, 5.74) is 2.38. The largest absolute Gasteiger partial charge is 0.378 e. The van der Waals surface area contributed by atoms with Gasteiger partial charge in [0.05, 0.1) is 11.0 Å². The molecule has 1 saturated carbocycles. The minimum absolute atomic E-state index is 0.101. The summed E-state index contributed by atoms with van der Waals surface area (Å²) < 4.78 is 33.4. The van der Waals surface area contributed by atoms with Crippen LogP contribution in [0, 0.1) is 0 Å². The van der Waals surface area contributed by atoms with Gasteiger partial charge in [0, 0.05) is 26.1 Å². The molecule has 0 aromatic heterocycles. The van der Waals surface area contributed by atoms with Crippen LogP contribution in [0.5, 0.6) is 0 Å². The van der Waals surface area contributed by atoms with E-state index in [0.717, 1.165) is 44.1 Å². The first kappa shape index (κ1) is 22.2.